The van der Waals surface area contributed by atoms with Gasteiger partial charge in [0.1, 0.15) is 0 Å². The maximum Gasteiger partial charge on any atom is 0.0542 e. The summed E-state index contributed by atoms with van der Waals surface area (Å²) in [7, 11) is 0. The number of benzene rings is 3. The van der Waals surface area contributed by atoms with E-state index in [9.17, 15) is 0 Å². The van der Waals surface area contributed by atoms with Crippen molar-refractivity contribution in [2.45, 2.75) is 84.5 Å². The summed E-state index contributed by atoms with van der Waals surface area (Å²) in [5, 5.41) is 4.28. The topological polar surface area (TPSA) is 0 Å². The predicted molar refractivity (Wildman–Crippen MR) is 176 cm³/mol. The van der Waals surface area contributed by atoms with Crippen molar-refractivity contribution in [3.63, 3.8) is 0 Å². The highest BCUT2D eigenvalue weighted by Gasteiger charge is 2.15. The quantitative estimate of drug-likeness (QED) is 0.132. The third kappa shape index (κ3) is 5.57. The second-order valence-electron chi connectivity index (χ2n) is 11.0. The molecule has 3 aromatic heterocycles. The Labute approximate surface area is 239 Å². The highest BCUT2D eigenvalue weighted by Crippen LogP contribution is 2.47. The van der Waals surface area contributed by atoms with Crippen LogP contribution in [-0.2, 0) is 6.42 Å². The van der Waals surface area contributed by atoms with Gasteiger partial charge < -0.3 is 0 Å². The minimum absolute atomic E-state index is 1.21. The number of aryl methyl sites for hydroxylation is 2. The summed E-state index contributed by atoms with van der Waals surface area (Å²) >= 11 is 5.89. The first-order valence-corrected chi connectivity index (χ1v) is 17.0. The van der Waals surface area contributed by atoms with Gasteiger partial charge in [-0.3, -0.25) is 0 Å². The zero-order valence-corrected chi connectivity index (χ0v) is 25.2. The van der Waals surface area contributed by atoms with Crippen LogP contribution in [0.1, 0.15) is 82.3 Å². The Morgan fingerprint density at radius 3 is 1.95 bits per heavy atom. The Hall–Kier alpha value is -2.20. The van der Waals surface area contributed by atoms with Gasteiger partial charge in [-0.1, -0.05) is 101 Å². The summed E-state index contributed by atoms with van der Waals surface area (Å²) in [5.41, 5.74) is 4.15. The summed E-state index contributed by atoms with van der Waals surface area (Å²) in [5.74, 6) is 0. The van der Waals surface area contributed by atoms with Crippen LogP contribution in [0.25, 0.3) is 50.1 Å². The van der Waals surface area contributed by atoms with Gasteiger partial charge in [-0.25, -0.2) is 0 Å². The third-order valence-electron chi connectivity index (χ3n) is 7.94. The van der Waals surface area contributed by atoms with Gasteiger partial charge in [0.25, 0.3) is 0 Å². The van der Waals surface area contributed by atoms with E-state index in [2.05, 4.69) is 74.5 Å². The molecule has 38 heavy (non-hydrogen) atoms. The molecule has 196 valence electrons. The first kappa shape index (κ1) is 26.0. The Kier molecular flexibility index (Phi) is 8.16. The van der Waals surface area contributed by atoms with E-state index < -0.39 is 0 Å². The molecular formula is C35H38S3. The molecule has 0 unspecified atom stereocenters. The van der Waals surface area contributed by atoms with Crippen molar-refractivity contribution in [2.24, 2.45) is 0 Å². The molecule has 0 amide bonds. The maximum atomic E-state index is 2.50. The minimum Gasteiger partial charge on any atom is -0.135 e. The van der Waals surface area contributed by atoms with E-state index >= 15 is 0 Å². The molecule has 0 aliphatic rings. The Balaban J connectivity index is 1.15. The van der Waals surface area contributed by atoms with Crippen LogP contribution < -0.4 is 0 Å². The van der Waals surface area contributed by atoms with Crippen LogP contribution in [0.15, 0.2) is 60.7 Å². The largest absolute Gasteiger partial charge is 0.135 e. The van der Waals surface area contributed by atoms with Crippen LogP contribution in [0.4, 0.5) is 0 Å². The molecule has 0 saturated carbocycles. The van der Waals surface area contributed by atoms with Gasteiger partial charge in [0.05, 0.1) is 9.40 Å². The van der Waals surface area contributed by atoms with E-state index in [1.165, 1.54) is 132 Å². The lowest BCUT2D eigenvalue weighted by atomic mass is 10.0. The molecule has 0 radical (unpaired) electrons. The highest BCUT2D eigenvalue weighted by molar-refractivity contribution is 7.36. The molecule has 0 aliphatic heterocycles. The van der Waals surface area contributed by atoms with Gasteiger partial charge in [0.15, 0.2) is 0 Å². The fourth-order valence-electron chi connectivity index (χ4n) is 5.67. The predicted octanol–water partition coefficient (Wildman–Crippen LogP) is 12.9. The minimum atomic E-state index is 1.21. The summed E-state index contributed by atoms with van der Waals surface area (Å²) in [6.45, 7) is 4.45. The molecular weight excluding hydrogens is 517 g/mol. The highest BCUT2D eigenvalue weighted by atomic mass is 32.1. The van der Waals surface area contributed by atoms with E-state index in [1.807, 2.05) is 34.0 Å². The standard InChI is InChI=1S/C35H38S3/c1-3-4-5-6-7-8-9-10-11-12-13-25-16-19-30-28(20-25)34-35(37-30)29-21-27-22-31(26-17-14-24(2)15-18-26)36-32(27)23-33(29)38-34/h14-23H,3-13H2,1-2H3. The monoisotopic (exact) mass is 554 g/mol. The van der Waals surface area contributed by atoms with E-state index in [1.54, 1.807) is 0 Å². The summed E-state index contributed by atoms with van der Waals surface area (Å²) in [4.78, 5) is 1.36. The van der Waals surface area contributed by atoms with Crippen LogP contribution >= 0.6 is 34.0 Å². The Morgan fingerprint density at radius 1 is 0.553 bits per heavy atom. The van der Waals surface area contributed by atoms with Crippen molar-refractivity contribution in [3.8, 4) is 10.4 Å². The summed E-state index contributed by atoms with van der Waals surface area (Å²) in [6.07, 6.45) is 15.2. The zero-order valence-electron chi connectivity index (χ0n) is 22.8. The normalized spacial score (nSPS) is 12.1. The number of rotatable bonds is 12. The van der Waals surface area contributed by atoms with E-state index in [0.29, 0.717) is 0 Å². The average molecular weight is 555 g/mol. The third-order valence-corrected chi connectivity index (χ3v) is 11.6. The molecule has 6 rings (SSSR count). The number of hydrogen-bond donors (Lipinski definition) is 0. The molecule has 3 heteroatoms. The fourth-order valence-corrected chi connectivity index (χ4v) is 9.47. The fraction of sp³-hybridized carbons (Fsp3) is 0.371. The van der Waals surface area contributed by atoms with Crippen molar-refractivity contribution in [3.05, 3.63) is 71.8 Å². The van der Waals surface area contributed by atoms with Gasteiger partial charge in [-0.15, -0.1) is 34.0 Å². The Bertz CT molecular complexity index is 1660. The van der Waals surface area contributed by atoms with Crippen molar-refractivity contribution in [1.82, 2.24) is 0 Å². The van der Waals surface area contributed by atoms with E-state index in [-0.39, 0.29) is 0 Å². The van der Waals surface area contributed by atoms with Crippen molar-refractivity contribution < 1.29 is 0 Å². The number of hydrogen-bond acceptors (Lipinski definition) is 3. The first-order chi connectivity index (χ1) is 18.7. The lowest BCUT2D eigenvalue weighted by Gasteiger charge is -2.03. The van der Waals surface area contributed by atoms with E-state index in [4.69, 9.17) is 0 Å². The van der Waals surface area contributed by atoms with E-state index in [0.717, 1.165) is 0 Å². The molecule has 0 aliphatic carbocycles. The maximum absolute atomic E-state index is 2.50. The summed E-state index contributed by atoms with van der Waals surface area (Å²) < 4.78 is 7.22. The molecule has 3 aromatic carbocycles. The van der Waals surface area contributed by atoms with Gasteiger partial charge >= 0.3 is 0 Å². The SMILES string of the molecule is CCCCCCCCCCCCc1ccc2sc3c4cc5cc(-c6ccc(C)cc6)sc5cc4sc3c2c1. The number of thiophene rings is 3. The van der Waals surface area contributed by atoms with Crippen LogP contribution in [0.2, 0.25) is 0 Å². The number of fused-ring (bicyclic) bond motifs is 6. The molecule has 3 heterocycles. The van der Waals surface area contributed by atoms with Crippen LogP contribution in [-0.4, -0.2) is 0 Å². The second-order valence-corrected chi connectivity index (χ2v) is 14.2. The Morgan fingerprint density at radius 2 is 1.21 bits per heavy atom. The lowest BCUT2D eigenvalue weighted by Crippen LogP contribution is -1.86. The average Bonchev–Trinajstić information content (AvgIpc) is 3.60. The van der Waals surface area contributed by atoms with Gasteiger partial charge in [-0.05, 0) is 66.6 Å². The molecule has 0 bridgehead atoms. The van der Waals surface area contributed by atoms with Crippen molar-refractivity contribution in [1.29, 1.82) is 0 Å². The smallest absolute Gasteiger partial charge is 0.0542 e. The van der Waals surface area contributed by atoms with Crippen LogP contribution in [0.3, 0.4) is 0 Å². The van der Waals surface area contributed by atoms with Crippen LogP contribution in [0, 0.1) is 6.92 Å². The van der Waals surface area contributed by atoms with Gasteiger partial charge in [0, 0.05) is 29.7 Å². The lowest BCUT2D eigenvalue weighted by molar-refractivity contribution is 0.556. The van der Waals surface area contributed by atoms with Gasteiger partial charge in [-0.2, -0.15) is 0 Å². The molecule has 0 N–H and O–H groups in total. The van der Waals surface area contributed by atoms with Crippen molar-refractivity contribution >= 4 is 73.7 Å². The van der Waals surface area contributed by atoms with Gasteiger partial charge in [0.2, 0.25) is 0 Å². The molecule has 0 atom stereocenters. The van der Waals surface area contributed by atoms with Crippen LogP contribution in [0.5, 0.6) is 0 Å². The zero-order chi connectivity index (χ0) is 25.9. The summed E-state index contributed by atoms with van der Waals surface area (Å²) in [6, 6.07) is 23.4. The number of unbranched alkanes of at least 4 members (excludes halogenated alkanes) is 9. The second kappa shape index (κ2) is 11.9. The molecule has 6 aromatic rings. The molecule has 0 fully saturated rings. The first-order valence-electron chi connectivity index (χ1n) is 14.6. The van der Waals surface area contributed by atoms with Crippen molar-refractivity contribution in [2.75, 3.05) is 0 Å². The molecule has 0 nitrogen and oxygen atoms in total. The molecule has 0 spiro atoms. The molecule has 0 saturated heterocycles.